The number of hydrogen-bond donors (Lipinski definition) is 2. The predicted octanol–water partition coefficient (Wildman–Crippen LogP) is 4.87. The molecule has 0 aliphatic rings. The lowest BCUT2D eigenvalue weighted by atomic mass is 9.89. The van der Waals surface area contributed by atoms with Crippen molar-refractivity contribution in [1.82, 2.24) is 4.90 Å². The van der Waals surface area contributed by atoms with Crippen molar-refractivity contribution in [1.29, 1.82) is 0 Å². The van der Waals surface area contributed by atoms with E-state index in [9.17, 15) is 13.2 Å². The van der Waals surface area contributed by atoms with Gasteiger partial charge in [0.2, 0.25) is 0 Å². The summed E-state index contributed by atoms with van der Waals surface area (Å²) >= 11 is 0. The van der Waals surface area contributed by atoms with Crippen LogP contribution in [0.5, 0.6) is 5.75 Å². The van der Waals surface area contributed by atoms with Crippen LogP contribution in [0.3, 0.4) is 0 Å². The molecule has 0 radical (unpaired) electrons. The van der Waals surface area contributed by atoms with Gasteiger partial charge in [0.1, 0.15) is 12.4 Å². The molecule has 0 bridgehead atoms. The standard InChI is InChI=1S/C27H28F3NO3/c28-27(29,30)26(23-9-5-2-6-10-23)25(21-7-3-1-4-8-21)22-11-13-24(14-12-22)34-20-17-31(15-18-32)16-19-33/h1-14,32-33H,15-20H2. The quantitative estimate of drug-likeness (QED) is 0.392. The first kappa shape index (κ1) is 25.5. The smallest absolute Gasteiger partial charge is 0.417 e. The van der Waals surface area contributed by atoms with Gasteiger partial charge in [0, 0.05) is 25.2 Å². The summed E-state index contributed by atoms with van der Waals surface area (Å²) in [5.41, 5.74) is 0.398. The fourth-order valence-electron chi connectivity index (χ4n) is 3.74. The number of benzene rings is 3. The second-order valence-electron chi connectivity index (χ2n) is 7.64. The van der Waals surface area contributed by atoms with Crippen molar-refractivity contribution >= 4 is 11.1 Å². The highest BCUT2D eigenvalue weighted by atomic mass is 19.4. The molecule has 4 nitrogen and oxygen atoms in total. The van der Waals surface area contributed by atoms with E-state index < -0.39 is 11.7 Å². The van der Waals surface area contributed by atoms with Crippen LogP contribution in [0.4, 0.5) is 13.2 Å². The molecule has 0 saturated carbocycles. The number of aliphatic hydroxyl groups is 2. The van der Waals surface area contributed by atoms with Gasteiger partial charge in [-0.15, -0.1) is 0 Å². The van der Waals surface area contributed by atoms with Gasteiger partial charge in [-0.05, 0) is 28.8 Å². The van der Waals surface area contributed by atoms with E-state index in [0.717, 1.165) is 0 Å². The van der Waals surface area contributed by atoms with Crippen LogP contribution in [0.15, 0.2) is 84.9 Å². The normalized spacial score (nSPS) is 12.5. The topological polar surface area (TPSA) is 52.9 Å². The molecule has 3 aromatic rings. The Kier molecular flexibility index (Phi) is 9.27. The number of alkyl halides is 3. The molecule has 3 rings (SSSR count). The maximum Gasteiger partial charge on any atom is 0.417 e. The van der Waals surface area contributed by atoms with Crippen LogP contribution in [0.1, 0.15) is 16.7 Å². The highest BCUT2D eigenvalue weighted by molar-refractivity contribution is 6.00. The fourth-order valence-corrected chi connectivity index (χ4v) is 3.74. The molecule has 0 amide bonds. The lowest BCUT2D eigenvalue weighted by molar-refractivity contribution is -0.0685. The highest BCUT2D eigenvalue weighted by Crippen LogP contribution is 2.42. The van der Waals surface area contributed by atoms with E-state index in [4.69, 9.17) is 14.9 Å². The van der Waals surface area contributed by atoms with Gasteiger partial charge in [-0.3, -0.25) is 4.90 Å². The maximum atomic E-state index is 14.4. The second-order valence-corrected chi connectivity index (χ2v) is 7.64. The molecule has 7 heteroatoms. The van der Waals surface area contributed by atoms with Gasteiger partial charge in [0.05, 0.1) is 18.8 Å². The first-order valence-corrected chi connectivity index (χ1v) is 11.0. The zero-order valence-electron chi connectivity index (χ0n) is 18.7. The lowest BCUT2D eigenvalue weighted by Gasteiger charge is -2.21. The van der Waals surface area contributed by atoms with Crippen LogP contribution in [0.25, 0.3) is 11.1 Å². The van der Waals surface area contributed by atoms with Crippen LogP contribution in [0.2, 0.25) is 0 Å². The zero-order chi connectivity index (χ0) is 24.4. The van der Waals surface area contributed by atoms with E-state index in [2.05, 4.69) is 0 Å². The molecule has 0 heterocycles. The van der Waals surface area contributed by atoms with Crippen molar-refractivity contribution in [3.63, 3.8) is 0 Å². The summed E-state index contributed by atoms with van der Waals surface area (Å²) in [5, 5.41) is 18.2. The van der Waals surface area contributed by atoms with Crippen LogP contribution >= 0.6 is 0 Å². The van der Waals surface area contributed by atoms with Gasteiger partial charge >= 0.3 is 6.18 Å². The molecule has 180 valence electrons. The number of nitrogens with zero attached hydrogens (tertiary/aromatic N) is 1. The number of ether oxygens (including phenoxy) is 1. The fraction of sp³-hybridized carbons (Fsp3) is 0.259. The predicted molar refractivity (Wildman–Crippen MR) is 127 cm³/mol. The molecule has 3 aromatic carbocycles. The Balaban J connectivity index is 1.93. The van der Waals surface area contributed by atoms with Crippen molar-refractivity contribution in [2.24, 2.45) is 0 Å². The maximum absolute atomic E-state index is 14.4. The van der Waals surface area contributed by atoms with Gasteiger partial charge in [0.25, 0.3) is 0 Å². The molecular weight excluding hydrogens is 443 g/mol. The summed E-state index contributed by atoms with van der Waals surface area (Å²) in [5.74, 6) is 0.525. The van der Waals surface area contributed by atoms with Gasteiger partial charge in [-0.25, -0.2) is 0 Å². The minimum absolute atomic E-state index is 0.0216. The van der Waals surface area contributed by atoms with Crippen molar-refractivity contribution in [3.8, 4) is 5.75 Å². The van der Waals surface area contributed by atoms with E-state index in [-0.39, 0.29) is 24.4 Å². The van der Waals surface area contributed by atoms with Crippen LogP contribution in [-0.2, 0) is 0 Å². The summed E-state index contributed by atoms with van der Waals surface area (Å²) in [6, 6.07) is 22.9. The summed E-state index contributed by atoms with van der Waals surface area (Å²) < 4.78 is 48.8. The molecule has 0 aliphatic carbocycles. The molecule has 0 unspecified atom stereocenters. The Morgan fingerprint density at radius 1 is 0.676 bits per heavy atom. The number of hydrogen-bond acceptors (Lipinski definition) is 4. The third-order valence-corrected chi connectivity index (χ3v) is 5.31. The SMILES string of the molecule is OCCN(CCO)CCOc1ccc(C(=C(c2ccccc2)C(F)(F)F)c2ccccc2)cc1. The number of aliphatic hydroxyl groups excluding tert-OH is 2. The summed E-state index contributed by atoms with van der Waals surface area (Å²) in [4.78, 5) is 1.86. The van der Waals surface area contributed by atoms with Crippen molar-refractivity contribution in [2.45, 2.75) is 6.18 Å². The average Bonchev–Trinajstić information content (AvgIpc) is 2.83. The lowest BCUT2D eigenvalue weighted by Crippen LogP contribution is -2.33. The first-order valence-electron chi connectivity index (χ1n) is 11.0. The molecule has 0 atom stereocenters. The van der Waals surface area contributed by atoms with Crippen LogP contribution in [-0.4, -0.2) is 60.7 Å². The molecular formula is C27H28F3NO3. The number of allylic oxidation sites excluding steroid dienone is 1. The molecule has 2 N–H and O–H groups in total. The highest BCUT2D eigenvalue weighted by Gasteiger charge is 2.38. The Morgan fingerprint density at radius 3 is 1.68 bits per heavy atom. The molecule has 0 saturated heterocycles. The number of rotatable bonds is 11. The third-order valence-electron chi connectivity index (χ3n) is 5.31. The number of halogens is 3. The molecule has 34 heavy (non-hydrogen) atoms. The van der Waals surface area contributed by atoms with Crippen molar-refractivity contribution in [3.05, 3.63) is 102 Å². The van der Waals surface area contributed by atoms with Crippen LogP contribution in [0, 0.1) is 0 Å². The largest absolute Gasteiger partial charge is 0.492 e. The van der Waals surface area contributed by atoms with E-state index in [1.807, 2.05) is 4.90 Å². The minimum atomic E-state index is -4.56. The molecule has 0 aliphatic heterocycles. The molecule has 0 spiro atoms. The van der Waals surface area contributed by atoms with Crippen LogP contribution < -0.4 is 4.74 Å². The first-order chi connectivity index (χ1) is 16.4. The monoisotopic (exact) mass is 471 g/mol. The van der Waals surface area contributed by atoms with E-state index in [1.54, 1.807) is 72.8 Å². The van der Waals surface area contributed by atoms with E-state index in [0.29, 0.717) is 43.1 Å². The summed E-state index contributed by atoms with van der Waals surface area (Å²) in [6.07, 6.45) is -4.56. The Labute approximate surface area is 197 Å². The summed E-state index contributed by atoms with van der Waals surface area (Å²) in [6.45, 7) is 1.63. The van der Waals surface area contributed by atoms with Crippen molar-refractivity contribution < 1.29 is 28.1 Å². The third kappa shape index (κ3) is 6.93. The summed E-state index contributed by atoms with van der Waals surface area (Å²) in [7, 11) is 0. The van der Waals surface area contributed by atoms with Gasteiger partial charge in [-0.1, -0.05) is 72.8 Å². The molecule has 0 aromatic heterocycles. The van der Waals surface area contributed by atoms with E-state index in [1.165, 1.54) is 12.1 Å². The minimum Gasteiger partial charge on any atom is -0.492 e. The van der Waals surface area contributed by atoms with Gasteiger partial charge in [-0.2, -0.15) is 13.2 Å². The zero-order valence-corrected chi connectivity index (χ0v) is 18.7. The van der Waals surface area contributed by atoms with Gasteiger partial charge < -0.3 is 14.9 Å². The van der Waals surface area contributed by atoms with E-state index >= 15 is 0 Å². The second kappa shape index (κ2) is 12.4. The Bertz CT molecular complexity index is 1030. The van der Waals surface area contributed by atoms with Gasteiger partial charge in [0.15, 0.2) is 0 Å². The Morgan fingerprint density at radius 2 is 1.18 bits per heavy atom. The van der Waals surface area contributed by atoms with Crippen molar-refractivity contribution in [2.75, 3.05) is 39.5 Å². The molecule has 0 fully saturated rings. The average molecular weight is 472 g/mol. The Hall–Kier alpha value is -3.13.